The Morgan fingerprint density at radius 3 is 2.64 bits per heavy atom. The molecule has 0 aromatic heterocycles. The number of nitrogens with two attached hydrogens (primary N) is 1. The molecule has 1 rings (SSSR count). The molecule has 0 bridgehead atoms. The SMILES string of the molecule is CCOc1ccc(C[NH+](C)CC(=O)NCC(N)=O)cc1OC. The highest BCUT2D eigenvalue weighted by Gasteiger charge is 2.13. The van der Waals surface area contributed by atoms with Gasteiger partial charge in [-0.15, -0.1) is 0 Å². The smallest absolute Gasteiger partial charge is 0.275 e. The van der Waals surface area contributed by atoms with Gasteiger partial charge in [0.25, 0.3) is 5.91 Å². The molecule has 7 heteroatoms. The molecule has 0 aliphatic heterocycles. The van der Waals surface area contributed by atoms with E-state index >= 15 is 0 Å². The van der Waals surface area contributed by atoms with Gasteiger partial charge in [0.15, 0.2) is 18.0 Å². The minimum Gasteiger partial charge on any atom is -0.493 e. The minimum atomic E-state index is -0.553. The van der Waals surface area contributed by atoms with Crippen molar-refractivity contribution in [1.29, 1.82) is 0 Å². The van der Waals surface area contributed by atoms with Crippen molar-refractivity contribution in [2.24, 2.45) is 5.73 Å². The van der Waals surface area contributed by atoms with Crippen LogP contribution in [0.5, 0.6) is 11.5 Å². The molecule has 1 unspecified atom stereocenters. The van der Waals surface area contributed by atoms with Gasteiger partial charge in [-0.25, -0.2) is 0 Å². The average Bonchev–Trinajstić information content (AvgIpc) is 2.46. The van der Waals surface area contributed by atoms with Gasteiger partial charge in [-0.2, -0.15) is 0 Å². The van der Waals surface area contributed by atoms with Crippen molar-refractivity contribution in [3.63, 3.8) is 0 Å². The zero-order valence-corrected chi connectivity index (χ0v) is 13.3. The summed E-state index contributed by atoms with van der Waals surface area (Å²) in [5.74, 6) is 0.604. The Labute approximate surface area is 130 Å². The molecule has 2 amide bonds. The Hall–Kier alpha value is -2.28. The summed E-state index contributed by atoms with van der Waals surface area (Å²) < 4.78 is 10.8. The molecule has 0 radical (unpaired) electrons. The fourth-order valence-electron chi connectivity index (χ4n) is 2.03. The van der Waals surface area contributed by atoms with Gasteiger partial charge in [0, 0.05) is 5.56 Å². The van der Waals surface area contributed by atoms with Crippen molar-refractivity contribution in [3.8, 4) is 11.5 Å². The first-order chi connectivity index (χ1) is 10.5. The maximum absolute atomic E-state index is 11.6. The maximum Gasteiger partial charge on any atom is 0.275 e. The van der Waals surface area contributed by atoms with Crippen LogP contribution in [0.15, 0.2) is 18.2 Å². The summed E-state index contributed by atoms with van der Waals surface area (Å²) in [6.07, 6.45) is 0. The molecular formula is C15H24N3O4+. The van der Waals surface area contributed by atoms with Gasteiger partial charge in [0.05, 0.1) is 27.3 Å². The van der Waals surface area contributed by atoms with Crippen molar-refractivity contribution < 1.29 is 24.0 Å². The summed E-state index contributed by atoms with van der Waals surface area (Å²) in [4.78, 5) is 23.2. The average molecular weight is 310 g/mol. The number of rotatable bonds is 9. The van der Waals surface area contributed by atoms with E-state index in [-0.39, 0.29) is 19.0 Å². The van der Waals surface area contributed by atoms with Crippen LogP contribution in [0.1, 0.15) is 12.5 Å². The summed E-state index contributed by atoms with van der Waals surface area (Å²) in [6.45, 7) is 3.25. The topological polar surface area (TPSA) is 95.1 Å². The molecule has 0 heterocycles. The van der Waals surface area contributed by atoms with E-state index in [4.69, 9.17) is 15.2 Å². The second kappa shape index (κ2) is 8.89. The first kappa shape index (κ1) is 17.8. The first-order valence-electron chi connectivity index (χ1n) is 7.12. The highest BCUT2D eigenvalue weighted by atomic mass is 16.5. The number of hydrogen-bond acceptors (Lipinski definition) is 4. The van der Waals surface area contributed by atoms with Crippen LogP contribution in [0.25, 0.3) is 0 Å². The van der Waals surface area contributed by atoms with Crippen molar-refractivity contribution in [1.82, 2.24) is 5.32 Å². The van der Waals surface area contributed by atoms with Gasteiger partial charge in [0.2, 0.25) is 5.91 Å². The Kier molecular flexibility index (Phi) is 7.18. The zero-order chi connectivity index (χ0) is 16.5. The summed E-state index contributed by atoms with van der Waals surface area (Å²) in [6, 6.07) is 5.70. The van der Waals surface area contributed by atoms with E-state index in [1.807, 2.05) is 32.2 Å². The van der Waals surface area contributed by atoms with Gasteiger partial charge in [-0.05, 0) is 25.1 Å². The molecule has 7 nitrogen and oxygen atoms in total. The molecule has 0 fully saturated rings. The first-order valence-corrected chi connectivity index (χ1v) is 7.12. The van der Waals surface area contributed by atoms with Gasteiger partial charge in [-0.3, -0.25) is 9.59 Å². The number of amides is 2. The van der Waals surface area contributed by atoms with Gasteiger partial charge < -0.3 is 25.4 Å². The Morgan fingerprint density at radius 1 is 1.32 bits per heavy atom. The van der Waals surface area contributed by atoms with Crippen LogP contribution in [0.3, 0.4) is 0 Å². The molecule has 0 aliphatic carbocycles. The molecule has 22 heavy (non-hydrogen) atoms. The van der Waals surface area contributed by atoms with Crippen LogP contribution in [0.2, 0.25) is 0 Å². The number of benzene rings is 1. The van der Waals surface area contributed by atoms with Crippen LogP contribution < -0.4 is 25.4 Å². The third-order valence-electron chi connectivity index (χ3n) is 2.96. The van der Waals surface area contributed by atoms with E-state index in [1.54, 1.807) is 7.11 Å². The van der Waals surface area contributed by atoms with Gasteiger partial charge in [0.1, 0.15) is 6.54 Å². The van der Waals surface area contributed by atoms with Crippen molar-refractivity contribution in [2.45, 2.75) is 13.5 Å². The van der Waals surface area contributed by atoms with Gasteiger partial charge >= 0.3 is 0 Å². The molecule has 4 N–H and O–H groups in total. The molecule has 1 aromatic carbocycles. The lowest BCUT2D eigenvalue weighted by Crippen LogP contribution is -3.08. The van der Waals surface area contributed by atoms with Crippen molar-refractivity contribution in [2.75, 3.05) is 33.9 Å². The number of methoxy groups -OCH3 is 1. The zero-order valence-electron chi connectivity index (χ0n) is 13.3. The molecule has 0 saturated carbocycles. The second-order valence-electron chi connectivity index (χ2n) is 4.97. The van der Waals surface area contributed by atoms with Crippen LogP contribution in [-0.4, -0.2) is 45.7 Å². The molecule has 1 atom stereocenters. The number of quaternary nitrogens is 1. The Balaban J connectivity index is 2.58. The van der Waals surface area contributed by atoms with E-state index in [0.29, 0.717) is 24.7 Å². The number of ether oxygens (including phenoxy) is 2. The van der Waals surface area contributed by atoms with Crippen molar-refractivity contribution >= 4 is 11.8 Å². The number of primary amides is 1. The normalized spacial score (nSPS) is 11.6. The van der Waals surface area contributed by atoms with E-state index in [1.165, 1.54) is 0 Å². The van der Waals surface area contributed by atoms with Crippen LogP contribution in [-0.2, 0) is 16.1 Å². The van der Waals surface area contributed by atoms with Crippen LogP contribution in [0.4, 0.5) is 0 Å². The predicted molar refractivity (Wildman–Crippen MR) is 81.8 cm³/mol. The summed E-state index contributed by atoms with van der Waals surface area (Å²) in [5.41, 5.74) is 6.01. The second-order valence-corrected chi connectivity index (χ2v) is 4.97. The molecule has 0 saturated heterocycles. The number of nitrogens with one attached hydrogen (secondary N) is 2. The summed E-state index contributed by atoms with van der Waals surface area (Å²) >= 11 is 0. The summed E-state index contributed by atoms with van der Waals surface area (Å²) in [5, 5.41) is 2.47. The fraction of sp³-hybridized carbons (Fsp3) is 0.467. The third-order valence-corrected chi connectivity index (χ3v) is 2.96. The number of hydrogen-bond donors (Lipinski definition) is 3. The van der Waals surface area contributed by atoms with E-state index in [0.717, 1.165) is 10.5 Å². The Bertz CT molecular complexity index is 520. The van der Waals surface area contributed by atoms with E-state index in [2.05, 4.69) is 5.32 Å². The molecule has 0 spiro atoms. The maximum atomic E-state index is 11.6. The van der Waals surface area contributed by atoms with Crippen LogP contribution in [0, 0.1) is 0 Å². The quantitative estimate of drug-likeness (QED) is 0.529. The third kappa shape index (κ3) is 6.01. The standard InChI is InChI=1S/C15H23N3O4/c1-4-22-12-6-5-11(7-13(12)21-3)9-18(2)10-15(20)17-8-14(16)19/h5-7H,4,8-10H2,1-3H3,(H2,16,19)(H,17,20)/p+1. The molecule has 0 aliphatic rings. The lowest BCUT2D eigenvalue weighted by atomic mass is 10.2. The lowest BCUT2D eigenvalue weighted by Gasteiger charge is -2.15. The molecule has 1 aromatic rings. The minimum absolute atomic E-state index is 0.136. The van der Waals surface area contributed by atoms with Crippen molar-refractivity contribution in [3.05, 3.63) is 23.8 Å². The fourth-order valence-corrected chi connectivity index (χ4v) is 2.03. The highest BCUT2D eigenvalue weighted by molar-refractivity contribution is 5.84. The lowest BCUT2D eigenvalue weighted by molar-refractivity contribution is -0.885. The highest BCUT2D eigenvalue weighted by Crippen LogP contribution is 2.27. The molecular weight excluding hydrogens is 286 g/mol. The Morgan fingerprint density at radius 2 is 2.05 bits per heavy atom. The predicted octanol–water partition coefficient (Wildman–Crippen LogP) is -1.29. The monoisotopic (exact) mass is 310 g/mol. The van der Waals surface area contributed by atoms with Crippen LogP contribution >= 0.6 is 0 Å². The summed E-state index contributed by atoms with van der Waals surface area (Å²) in [7, 11) is 3.49. The number of carbonyl (C=O) groups is 2. The number of likely N-dealkylation sites (N-methyl/N-ethyl adjacent to an activating group) is 1. The van der Waals surface area contributed by atoms with E-state index < -0.39 is 5.91 Å². The number of carbonyl (C=O) groups excluding carboxylic acids is 2. The van der Waals surface area contributed by atoms with Gasteiger partial charge in [-0.1, -0.05) is 0 Å². The molecule has 122 valence electrons. The van der Waals surface area contributed by atoms with E-state index in [9.17, 15) is 9.59 Å². The largest absolute Gasteiger partial charge is 0.493 e.